The Morgan fingerprint density at radius 2 is 1.70 bits per heavy atom. The highest BCUT2D eigenvalue weighted by Crippen LogP contribution is 2.18. The van der Waals surface area contributed by atoms with E-state index in [1.807, 2.05) is 0 Å². The second kappa shape index (κ2) is 9.17. The van der Waals surface area contributed by atoms with E-state index in [0.717, 1.165) is 32.1 Å². The zero-order chi connectivity index (χ0) is 14.8. The molecule has 0 radical (unpaired) electrons. The topological polar surface area (TPSA) is 108 Å². The van der Waals surface area contributed by atoms with Crippen LogP contribution < -0.4 is 16.0 Å². The van der Waals surface area contributed by atoms with Gasteiger partial charge >= 0.3 is 12.0 Å². The monoisotopic (exact) mass is 285 g/mol. The summed E-state index contributed by atoms with van der Waals surface area (Å²) in [6, 6.07) is -0.0420. The molecule has 20 heavy (non-hydrogen) atoms. The lowest BCUT2D eigenvalue weighted by molar-refractivity contribution is -0.137. The molecule has 0 bridgehead atoms. The van der Waals surface area contributed by atoms with Crippen molar-refractivity contribution in [3.63, 3.8) is 0 Å². The Balaban J connectivity index is 1.86. The van der Waals surface area contributed by atoms with Gasteiger partial charge in [-0.05, 0) is 25.7 Å². The summed E-state index contributed by atoms with van der Waals surface area (Å²) < 4.78 is 0. The maximum Gasteiger partial charge on any atom is 0.315 e. The number of carboxylic acids is 1. The highest BCUT2D eigenvalue weighted by molar-refractivity contribution is 5.84. The molecule has 3 amide bonds. The standard InChI is InChI=1S/C13H23N3O4/c17-11(16-10-6-7-10)9-15-13(20)14-8-4-2-1-3-5-12(18)19/h10H,1-9H2,(H,16,17)(H,18,19)(H2,14,15,20). The van der Waals surface area contributed by atoms with Gasteiger partial charge in [0.05, 0.1) is 6.54 Å². The van der Waals surface area contributed by atoms with Gasteiger partial charge in [-0.2, -0.15) is 0 Å². The van der Waals surface area contributed by atoms with Crippen LogP contribution in [0, 0.1) is 0 Å². The molecule has 114 valence electrons. The van der Waals surface area contributed by atoms with Gasteiger partial charge in [0, 0.05) is 19.0 Å². The number of hydrogen-bond donors (Lipinski definition) is 4. The van der Waals surface area contributed by atoms with Crippen molar-refractivity contribution in [2.45, 2.75) is 51.0 Å². The van der Waals surface area contributed by atoms with Crippen molar-refractivity contribution in [3.05, 3.63) is 0 Å². The fourth-order valence-corrected chi connectivity index (χ4v) is 1.69. The lowest BCUT2D eigenvalue weighted by atomic mass is 10.1. The third-order valence-corrected chi connectivity index (χ3v) is 2.95. The highest BCUT2D eigenvalue weighted by atomic mass is 16.4. The highest BCUT2D eigenvalue weighted by Gasteiger charge is 2.22. The number of aliphatic carboxylic acids is 1. The van der Waals surface area contributed by atoms with E-state index in [1.165, 1.54) is 0 Å². The number of carbonyl (C=O) groups excluding carboxylic acids is 2. The number of amides is 3. The van der Waals surface area contributed by atoms with Crippen molar-refractivity contribution in [1.82, 2.24) is 16.0 Å². The summed E-state index contributed by atoms with van der Waals surface area (Å²) in [5.41, 5.74) is 0. The van der Waals surface area contributed by atoms with E-state index in [1.54, 1.807) is 0 Å². The molecule has 1 rings (SSSR count). The van der Waals surface area contributed by atoms with Crippen LogP contribution in [0.5, 0.6) is 0 Å². The molecule has 0 atom stereocenters. The summed E-state index contributed by atoms with van der Waals surface area (Å²) in [7, 11) is 0. The average molecular weight is 285 g/mol. The fraction of sp³-hybridized carbons (Fsp3) is 0.769. The van der Waals surface area contributed by atoms with Crippen LogP contribution in [-0.4, -0.2) is 42.1 Å². The average Bonchev–Trinajstić information content (AvgIpc) is 3.18. The number of hydrogen-bond acceptors (Lipinski definition) is 3. The molecule has 1 saturated carbocycles. The van der Waals surface area contributed by atoms with Gasteiger partial charge in [0.15, 0.2) is 0 Å². The van der Waals surface area contributed by atoms with Crippen LogP contribution in [0.1, 0.15) is 44.9 Å². The van der Waals surface area contributed by atoms with Crippen LogP contribution in [0.3, 0.4) is 0 Å². The van der Waals surface area contributed by atoms with E-state index in [-0.39, 0.29) is 24.9 Å². The van der Waals surface area contributed by atoms with Gasteiger partial charge in [-0.3, -0.25) is 9.59 Å². The number of rotatable bonds is 10. The minimum Gasteiger partial charge on any atom is -0.481 e. The predicted octanol–water partition coefficient (Wildman–Crippen LogP) is 0.599. The zero-order valence-electron chi connectivity index (χ0n) is 11.6. The predicted molar refractivity (Wildman–Crippen MR) is 73.3 cm³/mol. The summed E-state index contributed by atoms with van der Waals surface area (Å²) in [5.74, 6) is -0.928. The molecule has 7 heteroatoms. The van der Waals surface area contributed by atoms with E-state index < -0.39 is 5.97 Å². The first-order valence-electron chi connectivity index (χ1n) is 7.11. The second-order valence-corrected chi connectivity index (χ2v) is 5.01. The van der Waals surface area contributed by atoms with Gasteiger partial charge < -0.3 is 21.1 Å². The molecule has 0 aromatic rings. The molecular formula is C13H23N3O4. The van der Waals surface area contributed by atoms with E-state index in [4.69, 9.17) is 5.11 Å². The molecule has 1 aliphatic rings. The number of carboxylic acid groups (broad SMARTS) is 1. The van der Waals surface area contributed by atoms with E-state index in [9.17, 15) is 14.4 Å². The van der Waals surface area contributed by atoms with Crippen LogP contribution >= 0.6 is 0 Å². The second-order valence-electron chi connectivity index (χ2n) is 5.01. The molecule has 1 aliphatic carbocycles. The van der Waals surface area contributed by atoms with Gasteiger partial charge in [-0.25, -0.2) is 4.79 Å². The minimum absolute atomic E-state index is 0.000937. The number of carbonyl (C=O) groups is 3. The van der Waals surface area contributed by atoms with Crippen LogP contribution in [0.4, 0.5) is 4.79 Å². The number of unbranched alkanes of at least 4 members (excludes halogenated alkanes) is 3. The smallest absolute Gasteiger partial charge is 0.315 e. The maximum absolute atomic E-state index is 11.3. The Labute approximate surface area is 118 Å². The molecule has 0 aromatic heterocycles. The third-order valence-electron chi connectivity index (χ3n) is 2.95. The summed E-state index contributed by atoms with van der Waals surface area (Å²) in [6.45, 7) is 0.532. The van der Waals surface area contributed by atoms with E-state index >= 15 is 0 Å². The van der Waals surface area contributed by atoms with E-state index in [0.29, 0.717) is 19.0 Å². The molecule has 0 spiro atoms. The van der Waals surface area contributed by atoms with Gasteiger partial charge in [0.25, 0.3) is 0 Å². The Hall–Kier alpha value is -1.79. The van der Waals surface area contributed by atoms with Crippen molar-refractivity contribution in [1.29, 1.82) is 0 Å². The summed E-state index contributed by atoms with van der Waals surface area (Å²) in [5, 5.41) is 16.4. The van der Waals surface area contributed by atoms with Crippen molar-refractivity contribution in [2.24, 2.45) is 0 Å². The first-order chi connectivity index (χ1) is 9.58. The summed E-state index contributed by atoms with van der Waals surface area (Å²) >= 11 is 0. The largest absolute Gasteiger partial charge is 0.481 e. The SMILES string of the molecule is O=C(O)CCCCCCNC(=O)NCC(=O)NC1CC1. The van der Waals surface area contributed by atoms with Crippen LogP contribution in [0.25, 0.3) is 0 Å². The Bertz CT molecular complexity index is 343. The van der Waals surface area contributed by atoms with Crippen LogP contribution in [-0.2, 0) is 9.59 Å². The van der Waals surface area contributed by atoms with Crippen molar-refractivity contribution >= 4 is 17.9 Å². The minimum atomic E-state index is -0.771. The summed E-state index contributed by atoms with van der Waals surface area (Å²) in [6.07, 6.45) is 5.46. The quantitative estimate of drug-likeness (QED) is 0.441. The molecule has 0 aliphatic heterocycles. The fourth-order valence-electron chi connectivity index (χ4n) is 1.69. The number of nitrogens with one attached hydrogen (secondary N) is 3. The molecule has 0 heterocycles. The Morgan fingerprint density at radius 1 is 1.00 bits per heavy atom. The van der Waals surface area contributed by atoms with Crippen LogP contribution in [0.15, 0.2) is 0 Å². The van der Waals surface area contributed by atoms with Crippen LogP contribution in [0.2, 0.25) is 0 Å². The maximum atomic E-state index is 11.3. The molecule has 0 aromatic carbocycles. The lowest BCUT2D eigenvalue weighted by Crippen LogP contribution is -2.42. The van der Waals surface area contributed by atoms with E-state index in [2.05, 4.69) is 16.0 Å². The normalized spacial score (nSPS) is 13.6. The third kappa shape index (κ3) is 9.18. The first kappa shape index (κ1) is 16.3. The van der Waals surface area contributed by atoms with Crippen molar-refractivity contribution in [3.8, 4) is 0 Å². The zero-order valence-corrected chi connectivity index (χ0v) is 11.6. The molecule has 7 nitrogen and oxygen atoms in total. The lowest BCUT2D eigenvalue weighted by Gasteiger charge is -2.07. The number of urea groups is 1. The first-order valence-corrected chi connectivity index (χ1v) is 7.11. The Kier molecular flexibility index (Phi) is 7.46. The molecule has 4 N–H and O–H groups in total. The van der Waals surface area contributed by atoms with Gasteiger partial charge in [0.2, 0.25) is 5.91 Å². The van der Waals surface area contributed by atoms with Gasteiger partial charge in [-0.15, -0.1) is 0 Å². The molecule has 0 unspecified atom stereocenters. The van der Waals surface area contributed by atoms with Crippen molar-refractivity contribution in [2.75, 3.05) is 13.1 Å². The van der Waals surface area contributed by atoms with Gasteiger partial charge in [0.1, 0.15) is 0 Å². The van der Waals surface area contributed by atoms with Gasteiger partial charge in [-0.1, -0.05) is 12.8 Å². The molecule has 1 fully saturated rings. The Morgan fingerprint density at radius 3 is 2.35 bits per heavy atom. The molecular weight excluding hydrogens is 262 g/mol. The molecule has 0 saturated heterocycles. The van der Waals surface area contributed by atoms with Crippen molar-refractivity contribution < 1.29 is 19.5 Å². The summed E-state index contributed by atoms with van der Waals surface area (Å²) in [4.78, 5) is 32.9.